The number of phenolic OH excluding ortho intramolecular Hbond substituents is 2. The number of methoxy groups -OCH3 is 1. The van der Waals surface area contributed by atoms with Crippen LogP contribution in [0.4, 0.5) is 0 Å². The molecule has 10 heteroatoms. The Kier molecular flexibility index (Phi) is 56.5. The predicted molar refractivity (Wildman–Crippen MR) is 426 cm³/mol. The maximum atomic E-state index is 9.67. The molecule has 0 unspecified atom stereocenters. The molecule has 558 valence electrons. The Hall–Kier alpha value is -4.92. The van der Waals surface area contributed by atoms with Gasteiger partial charge < -0.3 is 38.6 Å². The van der Waals surface area contributed by atoms with Gasteiger partial charge in [-0.3, -0.25) is 0 Å². The molecule has 0 amide bonds. The van der Waals surface area contributed by atoms with Crippen LogP contribution in [0.2, 0.25) is 10.0 Å². The van der Waals surface area contributed by atoms with Crippen molar-refractivity contribution in [2.45, 2.75) is 341 Å². The van der Waals surface area contributed by atoms with Gasteiger partial charge in [-0.05, 0) is 199 Å². The molecule has 0 aliphatic carbocycles. The van der Waals surface area contributed by atoms with E-state index in [1.807, 2.05) is 65.0 Å². The van der Waals surface area contributed by atoms with Crippen LogP contribution in [-0.4, -0.2) is 50.4 Å². The summed E-state index contributed by atoms with van der Waals surface area (Å²) in [7, 11) is 1.71. The van der Waals surface area contributed by atoms with Crippen LogP contribution in [-0.2, 0) is 0 Å². The quantitative estimate of drug-likeness (QED) is 0.0372. The van der Waals surface area contributed by atoms with Crippen molar-refractivity contribution < 1.29 is 38.6 Å². The third-order valence-corrected chi connectivity index (χ3v) is 18.8. The van der Waals surface area contributed by atoms with Gasteiger partial charge in [-0.25, -0.2) is 0 Å². The summed E-state index contributed by atoms with van der Waals surface area (Å²) in [6.07, 6.45) is 49.9. The summed E-state index contributed by atoms with van der Waals surface area (Å²) < 4.78 is 34.3. The van der Waals surface area contributed by atoms with E-state index in [0.717, 1.165) is 122 Å². The van der Waals surface area contributed by atoms with Crippen molar-refractivity contribution in [3.8, 4) is 46.0 Å². The van der Waals surface area contributed by atoms with Crippen molar-refractivity contribution in [2.24, 2.45) is 0 Å². The number of hydrogen-bond donors (Lipinski definition) is 2. The van der Waals surface area contributed by atoms with Crippen LogP contribution in [0.5, 0.6) is 46.0 Å². The molecule has 5 rings (SSSR count). The van der Waals surface area contributed by atoms with E-state index >= 15 is 0 Å². The molecule has 0 aromatic heterocycles. The number of phenols is 2. The Morgan fingerprint density at radius 1 is 0.255 bits per heavy atom. The van der Waals surface area contributed by atoms with Gasteiger partial charge in [-0.1, -0.05) is 276 Å². The molecule has 0 aliphatic rings. The van der Waals surface area contributed by atoms with Gasteiger partial charge in [0, 0.05) is 11.1 Å². The number of aromatic hydroxyl groups is 2. The van der Waals surface area contributed by atoms with Gasteiger partial charge in [0.25, 0.3) is 0 Å². The first-order valence-electron chi connectivity index (χ1n) is 39.3. The van der Waals surface area contributed by atoms with Crippen LogP contribution < -0.4 is 28.4 Å². The summed E-state index contributed by atoms with van der Waals surface area (Å²) in [6, 6.07) is 21.6. The lowest BCUT2D eigenvalue weighted by atomic mass is 10.1. The highest BCUT2D eigenvalue weighted by atomic mass is 35.5. The second-order valence-corrected chi connectivity index (χ2v) is 28.4. The number of rotatable bonds is 49. The van der Waals surface area contributed by atoms with E-state index < -0.39 is 0 Å². The van der Waals surface area contributed by atoms with Gasteiger partial charge in [0.2, 0.25) is 0 Å². The number of benzene rings is 5. The molecule has 2 N–H and O–H groups in total. The van der Waals surface area contributed by atoms with Crippen LogP contribution in [0.15, 0.2) is 66.7 Å². The normalized spacial score (nSPS) is 10.7. The fourth-order valence-corrected chi connectivity index (χ4v) is 11.9. The first-order chi connectivity index (χ1) is 47.4. The van der Waals surface area contributed by atoms with Crippen molar-refractivity contribution in [2.75, 3.05) is 40.1 Å². The van der Waals surface area contributed by atoms with Crippen molar-refractivity contribution in [1.29, 1.82) is 0 Å². The van der Waals surface area contributed by atoms with Crippen molar-refractivity contribution >= 4 is 23.2 Å². The molecule has 0 radical (unpaired) electrons. The average Bonchev–Trinajstić information content (AvgIpc) is 0.909. The number of unbranched alkanes of at least 4 members (excludes halogenated alkanes) is 33. The molecule has 0 fully saturated rings. The molecule has 0 bridgehead atoms. The summed E-state index contributed by atoms with van der Waals surface area (Å²) in [5.41, 5.74) is 9.62. The van der Waals surface area contributed by atoms with Gasteiger partial charge in [-0.2, -0.15) is 0 Å². The standard InChI is InChI=1S/C27H48O2.C19H30Cl2O.2C16H26O2.C10H14O/c1-4-6-8-10-12-14-16-18-22-28-26-20-21-27(25(3)24-26)29-23-19-17-15-13-11-9-7-5-2;1-3-4-5-6-7-8-9-10-11-12-13-22-19-15-17(20)16(2)14-18(19)21;1-4-5-6-7-8-9-10-18-16-12-13(2)15(17)11-14(16)3;1-4-5-6-7-8-9-10-18-15-11-13(2)16(17)14(3)12-15;1-7-5-9(3)10(11-4)6-8(7)2/h20-21,24H,4-19,22-23H2,1-3H3;14-15H,3-13H2,1-2H3;2*11-12,17H,4-10H2,1-3H3;5-6H,1-4H3. The Balaban J connectivity index is 0.000000630. The fourth-order valence-electron chi connectivity index (χ4n) is 11.4. The largest absolute Gasteiger partial charge is 0.508 e. The Morgan fingerprint density at radius 3 is 0.969 bits per heavy atom. The number of ether oxygens (including phenoxy) is 6. The lowest BCUT2D eigenvalue weighted by Gasteiger charge is -2.12. The second-order valence-electron chi connectivity index (χ2n) is 27.6. The Bertz CT molecular complexity index is 2720. The van der Waals surface area contributed by atoms with E-state index in [0.29, 0.717) is 27.3 Å². The van der Waals surface area contributed by atoms with Crippen molar-refractivity contribution in [3.05, 3.63) is 127 Å². The summed E-state index contributed by atoms with van der Waals surface area (Å²) in [5.74, 6) is 6.16. The van der Waals surface area contributed by atoms with E-state index in [2.05, 4.69) is 92.6 Å². The SMILES string of the molecule is CCCCCCCCCCCCOc1cc(Cl)c(C)cc1Cl.CCCCCCCCCCOc1ccc(OCCCCCCCCCC)c(C)c1.CCCCCCCCOc1cc(C)c(O)c(C)c1.CCCCCCCCOc1cc(C)c(O)cc1C.COc1cc(C)c(C)cc1C. The lowest BCUT2D eigenvalue weighted by Crippen LogP contribution is -2.01. The number of aryl methyl sites for hydroxylation is 9. The third kappa shape index (κ3) is 45.8. The van der Waals surface area contributed by atoms with Crippen LogP contribution in [0, 0.1) is 62.3 Å². The van der Waals surface area contributed by atoms with Gasteiger partial charge in [0.1, 0.15) is 46.0 Å². The fraction of sp³-hybridized carbons (Fsp3) is 0.659. The van der Waals surface area contributed by atoms with Crippen LogP contribution in [0.1, 0.15) is 329 Å². The molecular weight excluding hydrogens is 1260 g/mol. The van der Waals surface area contributed by atoms with Crippen molar-refractivity contribution in [3.63, 3.8) is 0 Å². The molecule has 0 aliphatic heterocycles. The zero-order chi connectivity index (χ0) is 72.4. The minimum atomic E-state index is 0.347. The highest BCUT2D eigenvalue weighted by Crippen LogP contribution is 2.32. The molecule has 0 saturated carbocycles. The highest BCUT2D eigenvalue weighted by molar-refractivity contribution is 6.34. The molecule has 98 heavy (non-hydrogen) atoms. The first-order valence-corrected chi connectivity index (χ1v) is 40.0. The molecule has 5 aromatic carbocycles. The minimum Gasteiger partial charge on any atom is -0.508 e. The lowest BCUT2D eigenvalue weighted by molar-refractivity contribution is 0.294. The topological polar surface area (TPSA) is 95.8 Å². The predicted octanol–water partition coefficient (Wildman–Crippen LogP) is 28.8. The molecule has 5 aromatic rings. The van der Waals surface area contributed by atoms with Gasteiger partial charge in [-0.15, -0.1) is 0 Å². The van der Waals surface area contributed by atoms with Gasteiger partial charge in [0.05, 0.1) is 45.2 Å². The highest BCUT2D eigenvalue weighted by Gasteiger charge is 2.09. The number of hydrogen-bond acceptors (Lipinski definition) is 8. The monoisotopic (exact) mass is 1400 g/mol. The summed E-state index contributed by atoms with van der Waals surface area (Å²) in [4.78, 5) is 0. The zero-order valence-corrected chi connectivity index (χ0v) is 66.9. The average molecular weight is 1400 g/mol. The smallest absolute Gasteiger partial charge is 0.139 e. The second kappa shape index (κ2) is 60.8. The molecule has 8 nitrogen and oxygen atoms in total. The van der Waals surface area contributed by atoms with E-state index in [9.17, 15) is 10.2 Å². The van der Waals surface area contributed by atoms with Crippen LogP contribution in [0.25, 0.3) is 0 Å². The third-order valence-electron chi connectivity index (χ3n) is 18.1. The van der Waals surface area contributed by atoms with Crippen LogP contribution in [0.3, 0.4) is 0 Å². The van der Waals surface area contributed by atoms with E-state index in [-0.39, 0.29) is 0 Å². The molecule has 0 heterocycles. The molecule has 0 saturated heterocycles. The minimum absolute atomic E-state index is 0.347. The Labute approximate surface area is 612 Å². The summed E-state index contributed by atoms with van der Waals surface area (Å²) >= 11 is 12.2. The maximum absolute atomic E-state index is 9.67. The number of halogens is 2. The van der Waals surface area contributed by atoms with Gasteiger partial charge >= 0.3 is 0 Å². The van der Waals surface area contributed by atoms with E-state index in [4.69, 9.17) is 51.6 Å². The molecule has 0 atom stereocenters. The van der Waals surface area contributed by atoms with Crippen molar-refractivity contribution in [1.82, 2.24) is 0 Å². The van der Waals surface area contributed by atoms with Crippen LogP contribution >= 0.6 is 23.2 Å². The van der Waals surface area contributed by atoms with E-state index in [1.165, 1.54) is 234 Å². The first kappa shape index (κ1) is 91.1. The summed E-state index contributed by atoms with van der Waals surface area (Å²) in [5, 5.41) is 20.6. The maximum Gasteiger partial charge on any atom is 0.139 e. The summed E-state index contributed by atoms with van der Waals surface area (Å²) in [6.45, 7) is 33.2. The Morgan fingerprint density at radius 2 is 0.571 bits per heavy atom. The van der Waals surface area contributed by atoms with Gasteiger partial charge in [0.15, 0.2) is 0 Å². The zero-order valence-electron chi connectivity index (χ0n) is 65.4. The van der Waals surface area contributed by atoms with E-state index in [1.54, 1.807) is 13.2 Å². The molecular formula is C88H144Cl2O8. The molecule has 0 spiro atoms.